The van der Waals surface area contributed by atoms with Crippen molar-refractivity contribution in [1.82, 2.24) is 4.98 Å². The maximum atomic E-state index is 12.1. The number of methoxy groups -OCH3 is 1. The first-order valence-corrected chi connectivity index (χ1v) is 5.05. The Kier molecular flexibility index (Phi) is 3.45. The number of rotatable bonds is 4. The fraction of sp³-hybridized carbons (Fsp3) is 0.500. The minimum absolute atomic E-state index is 0.108. The minimum Gasteiger partial charge on any atom is -0.495 e. The Morgan fingerprint density at radius 2 is 2.13 bits per heavy atom. The highest BCUT2D eigenvalue weighted by Gasteiger charge is 2.26. The van der Waals surface area contributed by atoms with Crippen molar-refractivity contribution in [2.24, 2.45) is 5.41 Å². The van der Waals surface area contributed by atoms with Crippen LogP contribution < -0.4 is 4.74 Å². The molecule has 15 heavy (non-hydrogen) atoms. The van der Waals surface area contributed by atoms with Gasteiger partial charge in [0, 0.05) is 17.2 Å². The molecule has 1 heterocycles. The minimum atomic E-state index is -0.339. The highest BCUT2D eigenvalue weighted by Crippen LogP contribution is 2.26. The van der Waals surface area contributed by atoms with Gasteiger partial charge in [-0.1, -0.05) is 20.8 Å². The maximum absolute atomic E-state index is 12.1. The number of ether oxygens (including phenoxy) is 1. The van der Waals surface area contributed by atoms with Crippen LogP contribution in [0.25, 0.3) is 0 Å². The summed E-state index contributed by atoms with van der Waals surface area (Å²) in [7, 11) is 1.57. The molecule has 0 N–H and O–H groups in total. The van der Waals surface area contributed by atoms with E-state index in [4.69, 9.17) is 4.74 Å². The SMILES string of the molecule is CCC(C)(C)C(=O)c1cncc(OC)c1. The summed E-state index contributed by atoms with van der Waals surface area (Å²) in [4.78, 5) is 16.0. The van der Waals surface area contributed by atoms with E-state index in [1.54, 1.807) is 25.6 Å². The lowest BCUT2D eigenvalue weighted by Gasteiger charge is -2.20. The van der Waals surface area contributed by atoms with Gasteiger partial charge < -0.3 is 4.74 Å². The highest BCUT2D eigenvalue weighted by atomic mass is 16.5. The second-order valence-electron chi connectivity index (χ2n) is 4.18. The third-order valence-electron chi connectivity index (χ3n) is 2.71. The molecule has 0 amide bonds. The van der Waals surface area contributed by atoms with Crippen LogP contribution in [-0.2, 0) is 0 Å². The van der Waals surface area contributed by atoms with Crippen LogP contribution in [0.15, 0.2) is 18.5 Å². The van der Waals surface area contributed by atoms with Gasteiger partial charge in [0.2, 0.25) is 0 Å². The summed E-state index contributed by atoms with van der Waals surface area (Å²) >= 11 is 0. The Morgan fingerprint density at radius 3 is 2.67 bits per heavy atom. The van der Waals surface area contributed by atoms with Gasteiger partial charge in [-0.3, -0.25) is 9.78 Å². The molecule has 0 saturated heterocycles. The van der Waals surface area contributed by atoms with E-state index in [1.165, 1.54) is 0 Å². The number of hydrogen-bond donors (Lipinski definition) is 0. The van der Waals surface area contributed by atoms with E-state index < -0.39 is 0 Å². The van der Waals surface area contributed by atoms with E-state index in [9.17, 15) is 4.79 Å². The summed E-state index contributed by atoms with van der Waals surface area (Å²) in [5.41, 5.74) is 0.273. The molecule has 0 fully saturated rings. The zero-order chi connectivity index (χ0) is 11.5. The van der Waals surface area contributed by atoms with Crippen LogP contribution in [0.4, 0.5) is 0 Å². The number of carbonyl (C=O) groups excluding carboxylic acids is 1. The van der Waals surface area contributed by atoms with Crippen molar-refractivity contribution in [2.45, 2.75) is 27.2 Å². The third-order valence-corrected chi connectivity index (χ3v) is 2.71. The van der Waals surface area contributed by atoms with Gasteiger partial charge in [-0.2, -0.15) is 0 Å². The van der Waals surface area contributed by atoms with Gasteiger partial charge in [0.05, 0.1) is 13.3 Å². The smallest absolute Gasteiger partial charge is 0.170 e. The first-order valence-electron chi connectivity index (χ1n) is 5.05. The molecule has 0 aliphatic carbocycles. The highest BCUT2D eigenvalue weighted by molar-refractivity contribution is 6.00. The maximum Gasteiger partial charge on any atom is 0.170 e. The van der Waals surface area contributed by atoms with Gasteiger partial charge in [0.15, 0.2) is 5.78 Å². The predicted octanol–water partition coefficient (Wildman–Crippen LogP) is 2.71. The fourth-order valence-electron chi connectivity index (χ4n) is 1.21. The first kappa shape index (κ1) is 11.7. The lowest BCUT2D eigenvalue weighted by Crippen LogP contribution is -2.23. The molecule has 82 valence electrons. The predicted molar refractivity (Wildman–Crippen MR) is 59.2 cm³/mol. The summed E-state index contributed by atoms with van der Waals surface area (Å²) in [6.45, 7) is 5.88. The monoisotopic (exact) mass is 207 g/mol. The van der Waals surface area contributed by atoms with Gasteiger partial charge in [-0.15, -0.1) is 0 Å². The van der Waals surface area contributed by atoms with E-state index in [0.717, 1.165) is 6.42 Å². The van der Waals surface area contributed by atoms with Crippen molar-refractivity contribution >= 4 is 5.78 Å². The van der Waals surface area contributed by atoms with Crippen LogP contribution in [0.1, 0.15) is 37.6 Å². The summed E-state index contributed by atoms with van der Waals surface area (Å²) in [5.74, 6) is 0.726. The van der Waals surface area contributed by atoms with Gasteiger partial charge in [0.25, 0.3) is 0 Å². The second kappa shape index (κ2) is 4.43. The van der Waals surface area contributed by atoms with Crippen molar-refractivity contribution in [1.29, 1.82) is 0 Å². The summed E-state index contributed by atoms with van der Waals surface area (Å²) in [6.07, 6.45) is 3.99. The molecule has 0 bridgehead atoms. The average Bonchev–Trinajstić information content (AvgIpc) is 2.28. The molecule has 3 nitrogen and oxygen atoms in total. The molecular weight excluding hydrogens is 190 g/mol. The molecule has 1 rings (SSSR count). The van der Waals surface area contributed by atoms with E-state index in [1.807, 2.05) is 20.8 Å². The zero-order valence-corrected chi connectivity index (χ0v) is 9.70. The fourth-order valence-corrected chi connectivity index (χ4v) is 1.21. The largest absolute Gasteiger partial charge is 0.495 e. The molecule has 1 aromatic rings. The summed E-state index contributed by atoms with van der Waals surface area (Å²) in [5, 5.41) is 0. The van der Waals surface area contributed by atoms with E-state index >= 15 is 0 Å². The number of hydrogen-bond acceptors (Lipinski definition) is 3. The molecule has 0 unspecified atom stereocenters. The summed E-state index contributed by atoms with van der Waals surface area (Å²) in [6, 6.07) is 1.73. The normalized spacial score (nSPS) is 11.2. The molecule has 0 aliphatic heterocycles. The number of nitrogens with zero attached hydrogens (tertiary/aromatic N) is 1. The summed E-state index contributed by atoms with van der Waals surface area (Å²) < 4.78 is 5.04. The van der Waals surface area contributed by atoms with E-state index in [0.29, 0.717) is 11.3 Å². The quantitative estimate of drug-likeness (QED) is 0.712. The topological polar surface area (TPSA) is 39.2 Å². The average molecular weight is 207 g/mol. The lowest BCUT2D eigenvalue weighted by atomic mass is 9.82. The number of ketones is 1. The molecule has 0 atom stereocenters. The van der Waals surface area contributed by atoms with Gasteiger partial charge in [-0.05, 0) is 12.5 Å². The van der Waals surface area contributed by atoms with Crippen molar-refractivity contribution in [2.75, 3.05) is 7.11 Å². The Balaban J connectivity index is 3.01. The van der Waals surface area contributed by atoms with E-state index in [-0.39, 0.29) is 11.2 Å². The second-order valence-corrected chi connectivity index (χ2v) is 4.18. The van der Waals surface area contributed by atoms with Crippen LogP contribution in [0.2, 0.25) is 0 Å². The van der Waals surface area contributed by atoms with Gasteiger partial charge in [0.1, 0.15) is 5.75 Å². The Hall–Kier alpha value is -1.38. The Bertz CT molecular complexity index is 358. The van der Waals surface area contributed by atoms with Crippen molar-refractivity contribution in [3.05, 3.63) is 24.0 Å². The van der Waals surface area contributed by atoms with Crippen molar-refractivity contribution in [3.63, 3.8) is 0 Å². The molecule has 0 saturated carbocycles. The van der Waals surface area contributed by atoms with Crippen LogP contribution in [-0.4, -0.2) is 17.9 Å². The molecule has 0 radical (unpaired) electrons. The van der Waals surface area contributed by atoms with E-state index in [2.05, 4.69) is 4.98 Å². The van der Waals surface area contributed by atoms with Crippen LogP contribution >= 0.6 is 0 Å². The first-order chi connectivity index (χ1) is 7.01. The van der Waals surface area contributed by atoms with Gasteiger partial charge in [-0.25, -0.2) is 0 Å². The number of aromatic nitrogens is 1. The molecule has 0 aromatic carbocycles. The van der Waals surface area contributed by atoms with Crippen LogP contribution in [0, 0.1) is 5.41 Å². The lowest BCUT2D eigenvalue weighted by molar-refractivity contribution is 0.0832. The molecule has 0 aliphatic rings. The molecule has 3 heteroatoms. The van der Waals surface area contributed by atoms with Crippen molar-refractivity contribution in [3.8, 4) is 5.75 Å². The van der Waals surface area contributed by atoms with Crippen molar-refractivity contribution < 1.29 is 9.53 Å². The number of pyridine rings is 1. The molecular formula is C12H17NO2. The van der Waals surface area contributed by atoms with Crippen LogP contribution in [0.5, 0.6) is 5.75 Å². The zero-order valence-electron chi connectivity index (χ0n) is 9.70. The standard InChI is InChI=1S/C12H17NO2/c1-5-12(2,3)11(14)9-6-10(15-4)8-13-7-9/h6-8H,5H2,1-4H3. The number of carbonyl (C=O) groups is 1. The molecule has 1 aromatic heterocycles. The Labute approximate surface area is 90.5 Å². The van der Waals surface area contributed by atoms with Gasteiger partial charge >= 0.3 is 0 Å². The molecule has 0 spiro atoms. The number of Topliss-reactive ketones (excluding diaryl/α,β-unsaturated/α-hetero) is 1. The van der Waals surface area contributed by atoms with Crippen LogP contribution in [0.3, 0.4) is 0 Å². The third kappa shape index (κ3) is 2.55. The Morgan fingerprint density at radius 1 is 1.47 bits per heavy atom.